The van der Waals surface area contributed by atoms with Gasteiger partial charge in [0.05, 0.1) is 13.0 Å². The van der Waals surface area contributed by atoms with E-state index < -0.39 is 17.4 Å². The SMILES string of the molecule is CCCCCCCCCCCC(=O)N1C(CC)C(c2ccccc2OC)C(C(=O)c2ccccc2)C12C(=O)Nc1ccccc12. The van der Waals surface area contributed by atoms with E-state index in [2.05, 4.69) is 12.2 Å². The third-order valence-corrected chi connectivity index (χ3v) is 9.89. The number of para-hydroxylation sites is 2. The number of likely N-dealkylation sites (tertiary alicyclic amines) is 1. The molecule has 1 saturated heterocycles. The van der Waals surface area contributed by atoms with Crippen LogP contribution in [-0.4, -0.2) is 35.6 Å². The van der Waals surface area contributed by atoms with E-state index in [1.165, 1.54) is 38.5 Å². The first-order valence-electron chi connectivity index (χ1n) is 17.0. The standard InChI is InChI=1S/C39H48N2O4/c1-4-6-7-8-9-10-11-12-16-27-34(42)41-32(5-2)35(29-23-17-20-26-33(29)45-3)36(37(43)28-21-14-13-15-22-28)39(41)30-24-18-19-25-31(30)40-38(39)44/h13-15,17-26,32,35-36H,4-12,16,27H2,1-3H3,(H,40,44). The van der Waals surface area contributed by atoms with Gasteiger partial charge in [0.1, 0.15) is 5.75 Å². The first kappa shape index (κ1) is 32.5. The molecule has 238 valence electrons. The summed E-state index contributed by atoms with van der Waals surface area (Å²) in [7, 11) is 1.63. The number of methoxy groups -OCH3 is 1. The number of unbranched alkanes of at least 4 members (excludes halogenated alkanes) is 8. The summed E-state index contributed by atoms with van der Waals surface area (Å²) in [6.45, 7) is 4.28. The number of benzene rings is 3. The van der Waals surface area contributed by atoms with Crippen LogP contribution in [0.5, 0.6) is 5.75 Å². The minimum absolute atomic E-state index is 0.0695. The van der Waals surface area contributed by atoms with Crippen molar-refractivity contribution in [2.24, 2.45) is 5.92 Å². The van der Waals surface area contributed by atoms with E-state index in [1.807, 2.05) is 90.7 Å². The Bertz CT molecular complexity index is 1470. The van der Waals surface area contributed by atoms with Crippen molar-refractivity contribution in [3.8, 4) is 5.75 Å². The molecule has 2 amide bonds. The molecule has 2 heterocycles. The zero-order valence-corrected chi connectivity index (χ0v) is 27.1. The number of ketones is 1. The van der Waals surface area contributed by atoms with Gasteiger partial charge in [-0.05, 0) is 25.0 Å². The van der Waals surface area contributed by atoms with E-state index in [0.29, 0.717) is 35.4 Å². The van der Waals surface area contributed by atoms with E-state index in [9.17, 15) is 14.4 Å². The van der Waals surface area contributed by atoms with E-state index >= 15 is 0 Å². The number of ether oxygens (including phenoxy) is 1. The number of rotatable bonds is 15. The Morgan fingerprint density at radius 3 is 2.11 bits per heavy atom. The predicted molar refractivity (Wildman–Crippen MR) is 180 cm³/mol. The molecule has 0 aromatic heterocycles. The second-order valence-electron chi connectivity index (χ2n) is 12.6. The Labute approximate surface area is 268 Å². The van der Waals surface area contributed by atoms with Crippen LogP contribution in [-0.2, 0) is 15.1 Å². The average Bonchev–Trinajstić information content (AvgIpc) is 3.55. The van der Waals surface area contributed by atoms with Gasteiger partial charge in [-0.25, -0.2) is 0 Å². The highest BCUT2D eigenvalue weighted by atomic mass is 16.5. The van der Waals surface area contributed by atoms with Gasteiger partial charge >= 0.3 is 0 Å². The number of anilines is 1. The number of amides is 2. The average molecular weight is 609 g/mol. The van der Waals surface area contributed by atoms with Gasteiger partial charge in [-0.15, -0.1) is 0 Å². The van der Waals surface area contributed by atoms with Crippen molar-refractivity contribution < 1.29 is 19.1 Å². The van der Waals surface area contributed by atoms with Gasteiger partial charge < -0.3 is 15.0 Å². The summed E-state index contributed by atoms with van der Waals surface area (Å²) >= 11 is 0. The maximum atomic E-state index is 14.8. The number of nitrogens with zero attached hydrogens (tertiary/aromatic N) is 1. The van der Waals surface area contributed by atoms with E-state index in [-0.39, 0.29) is 23.6 Å². The second kappa shape index (κ2) is 14.9. The number of carbonyl (C=O) groups excluding carboxylic acids is 3. The zero-order valence-electron chi connectivity index (χ0n) is 27.1. The first-order chi connectivity index (χ1) is 22.0. The van der Waals surface area contributed by atoms with Gasteiger partial charge in [0.2, 0.25) is 5.91 Å². The lowest BCUT2D eigenvalue weighted by Gasteiger charge is -2.39. The molecule has 4 atom stereocenters. The van der Waals surface area contributed by atoms with Crippen molar-refractivity contribution in [1.82, 2.24) is 4.90 Å². The second-order valence-corrected chi connectivity index (χ2v) is 12.6. The summed E-state index contributed by atoms with van der Waals surface area (Å²) in [4.78, 5) is 45.8. The minimum Gasteiger partial charge on any atom is -0.496 e. The lowest BCUT2D eigenvalue weighted by atomic mass is 9.69. The van der Waals surface area contributed by atoms with Crippen molar-refractivity contribution in [2.45, 2.75) is 102 Å². The summed E-state index contributed by atoms with van der Waals surface area (Å²) < 4.78 is 5.85. The molecule has 45 heavy (non-hydrogen) atoms. The Morgan fingerprint density at radius 1 is 0.800 bits per heavy atom. The van der Waals surface area contributed by atoms with Crippen LogP contribution < -0.4 is 10.1 Å². The molecular weight excluding hydrogens is 560 g/mol. The molecule has 1 spiro atoms. The van der Waals surface area contributed by atoms with Crippen molar-refractivity contribution in [2.75, 3.05) is 12.4 Å². The fourth-order valence-electron chi connectivity index (χ4n) is 7.86. The number of Topliss-reactive ketones (excluding diaryl/α,β-unsaturated/α-hetero) is 1. The molecule has 0 radical (unpaired) electrons. The first-order valence-corrected chi connectivity index (χ1v) is 17.0. The Balaban J connectivity index is 1.57. The number of nitrogens with one attached hydrogen (secondary N) is 1. The van der Waals surface area contributed by atoms with Crippen LogP contribution in [0.4, 0.5) is 5.69 Å². The molecule has 1 N–H and O–H groups in total. The van der Waals surface area contributed by atoms with Crippen LogP contribution in [0.15, 0.2) is 78.9 Å². The highest BCUT2D eigenvalue weighted by molar-refractivity contribution is 6.14. The number of carbonyl (C=O) groups is 3. The van der Waals surface area contributed by atoms with E-state index in [1.54, 1.807) is 7.11 Å². The van der Waals surface area contributed by atoms with Gasteiger partial charge in [-0.2, -0.15) is 0 Å². The van der Waals surface area contributed by atoms with Crippen molar-refractivity contribution in [3.05, 3.63) is 95.6 Å². The van der Waals surface area contributed by atoms with Gasteiger partial charge in [0.15, 0.2) is 11.3 Å². The normalized spacial score (nSPS) is 22.0. The minimum atomic E-state index is -1.48. The van der Waals surface area contributed by atoms with Gasteiger partial charge in [0, 0.05) is 40.8 Å². The Hall–Kier alpha value is -3.93. The lowest BCUT2D eigenvalue weighted by Crippen LogP contribution is -2.56. The molecule has 5 rings (SSSR count). The smallest absolute Gasteiger partial charge is 0.255 e. The largest absolute Gasteiger partial charge is 0.496 e. The monoisotopic (exact) mass is 608 g/mol. The summed E-state index contributed by atoms with van der Waals surface area (Å²) in [5, 5.41) is 3.09. The Morgan fingerprint density at radius 2 is 1.42 bits per heavy atom. The van der Waals surface area contributed by atoms with Crippen LogP contribution in [0, 0.1) is 5.92 Å². The van der Waals surface area contributed by atoms with Crippen molar-refractivity contribution >= 4 is 23.3 Å². The molecule has 0 saturated carbocycles. The van der Waals surface area contributed by atoms with Gasteiger partial charge in [-0.3, -0.25) is 14.4 Å². The molecule has 1 fully saturated rings. The molecule has 6 nitrogen and oxygen atoms in total. The van der Waals surface area contributed by atoms with Crippen molar-refractivity contribution in [3.63, 3.8) is 0 Å². The molecular formula is C39H48N2O4. The van der Waals surface area contributed by atoms with Crippen LogP contribution in [0.2, 0.25) is 0 Å². The highest BCUT2D eigenvalue weighted by Gasteiger charge is 2.69. The molecule has 2 aliphatic rings. The molecule has 4 unspecified atom stereocenters. The summed E-state index contributed by atoms with van der Waals surface area (Å²) in [6.07, 6.45) is 11.3. The van der Waals surface area contributed by atoms with Crippen molar-refractivity contribution in [1.29, 1.82) is 0 Å². The fraction of sp³-hybridized carbons (Fsp3) is 0.462. The zero-order chi connectivity index (χ0) is 31.8. The molecule has 3 aromatic carbocycles. The number of fused-ring (bicyclic) bond motifs is 2. The van der Waals surface area contributed by atoms with Gasteiger partial charge in [-0.1, -0.05) is 132 Å². The number of hydrogen-bond acceptors (Lipinski definition) is 4. The summed E-state index contributed by atoms with van der Waals surface area (Å²) in [5.41, 5.74) is 1.25. The van der Waals surface area contributed by atoms with Crippen LogP contribution >= 0.6 is 0 Å². The third kappa shape index (κ3) is 6.16. The maximum Gasteiger partial charge on any atom is 0.255 e. The highest BCUT2D eigenvalue weighted by Crippen LogP contribution is 2.60. The molecule has 3 aromatic rings. The lowest BCUT2D eigenvalue weighted by molar-refractivity contribution is -0.146. The number of hydrogen-bond donors (Lipinski definition) is 1. The molecule has 0 bridgehead atoms. The quantitative estimate of drug-likeness (QED) is 0.138. The topological polar surface area (TPSA) is 75.7 Å². The summed E-state index contributed by atoms with van der Waals surface area (Å²) in [6, 6.07) is 24.1. The predicted octanol–water partition coefficient (Wildman–Crippen LogP) is 8.67. The van der Waals surface area contributed by atoms with Crippen LogP contribution in [0.1, 0.15) is 112 Å². The molecule has 2 aliphatic heterocycles. The maximum absolute atomic E-state index is 14.8. The fourth-order valence-corrected chi connectivity index (χ4v) is 7.86. The van der Waals surface area contributed by atoms with E-state index in [0.717, 1.165) is 24.8 Å². The molecule has 6 heteroatoms. The Kier molecular flexibility index (Phi) is 10.7. The van der Waals surface area contributed by atoms with E-state index in [4.69, 9.17) is 4.74 Å². The molecule has 0 aliphatic carbocycles. The van der Waals surface area contributed by atoms with Crippen LogP contribution in [0.25, 0.3) is 0 Å². The summed E-state index contributed by atoms with van der Waals surface area (Å²) in [5.74, 6) is -1.18. The third-order valence-electron chi connectivity index (χ3n) is 9.89. The van der Waals surface area contributed by atoms with Gasteiger partial charge in [0.25, 0.3) is 5.91 Å². The van der Waals surface area contributed by atoms with Crippen LogP contribution in [0.3, 0.4) is 0 Å².